The molecule has 3 heterocycles. The first-order valence-electron chi connectivity index (χ1n) is 8.51. The lowest BCUT2D eigenvalue weighted by atomic mass is 10.1. The number of amides is 1. The van der Waals surface area contributed by atoms with Gasteiger partial charge in [0.1, 0.15) is 0 Å². The average Bonchev–Trinajstić information content (AvgIpc) is 2.86. The average molecular weight is 344 g/mol. The summed E-state index contributed by atoms with van der Waals surface area (Å²) in [5.74, 6) is 0.262. The zero-order valence-corrected chi connectivity index (χ0v) is 15.0. The van der Waals surface area contributed by atoms with Crippen molar-refractivity contribution in [3.8, 4) is 0 Å². The van der Waals surface area contributed by atoms with E-state index in [-0.39, 0.29) is 5.91 Å². The van der Waals surface area contributed by atoms with Gasteiger partial charge in [-0.05, 0) is 37.5 Å². The fraction of sp³-hybridized carbons (Fsp3) is 0.500. The van der Waals surface area contributed by atoms with Crippen LogP contribution in [0.4, 0.5) is 0 Å². The predicted molar refractivity (Wildman–Crippen MR) is 95.9 cm³/mol. The molecule has 2 aromatic heterocycles. The van der Waals surface area contributed by atoms with Crippen LogP contribution >= 0.6 is 11.3 Å². The summed E-state index contributed by atoms with van der Waals surface area (Å²) < 4.78 is 0. The van der Waals surface area contributed by atoms with E-state index in [9.17, 15) is 4.79 Å². The normalized spacial score (nSPS) is 16.1. The summed E-state index contributed by atoms with van der Waals surface area (Å²) in [6, 6.07) is 3.96. The molecule has 1 aliphatic heterocycles. The topological polar surface area (TPSA) is 49.3 Å². The number of nitrogens with zero attached hydrogens (tertiary/aromatic N) is 4. The highest BCUT2D eigenvalue weighted by Crippen LogP contribution is 2.13. The van der Waals surface area contributed by atoms with E-state index < -0.39 is 0 Å². The first-order chi connectivity index (χ1) is 11.7. The van der Waals surface area contributed by atoms with Crippen LogP contribution in [0.3, 0.4) is 0 Å². The Kier molecular flexibility index (Phi) is 5.93. The predicted octanol–water partition coefficient (Wildman–Crippen LogP) is 2.51. The van der Waals surface area contributed by atoms with E-state index in [2.05, 4.69) is 20.2 Å². The molecular weight excluding hydrogens is 320 g/mol. The number of thiazole rings is 1. The molecule has 0 saturated carbocycles. The zero-order valence-electron chi connectivity index (χ0n) is 14.1. The minimum atomic E-state index is 0.262. The van der Waals surface area contributed by atoms with E-state index in [1.54, 1.807) is 23.7 Å². The van der Waals surface area contributed by atoms with Crippen molar-refractivity contribution in [1.29, 1.82) is 0 Å². The summed E-state index contributed by atoms with van der Waals surface area (Å²) >= 11 is 1.70. The quantitative estimate of drug-likeness (QED) is 0.836. The summed E-state index contributed by atoms with van der Waals surface area (Å²) in [6.07, 6.45) is 5.96. The van der Waals surface area contributed by atoms with E-state index in [1.807, 2.05) is 24.0 Å². The maximum atomic E-state index is 12.5. The minimum absolute atomic E-state index is 0.262. The molecule has 3 rings (SSSR count). The Morgan fingerprint density at radius 3 is 2.79 bits per heavy atom. The van der Waals surface area contributed by atoms with Gasteiger partial charge in [-0.1, -0.05) is 0 Å². The van der Waals surface area contributed by atoms with E-state index in [1.165, 1.54) is 5.56 Å². The Morgan fingerprint density at radius 1 is 1.21 bits per heavy atom. The number of hydrogen-bond acceptors (Lipinski definition) is 5. The van der Waals surface area contributed by atoms with Gasteiger partial charge in [0.2, 0.25) is 5.91 Å². The standard InChI is InChI=1S/C18H24N4OS/c1-15-20-17(14-24-15)13-21-9-2-10-22(12-11-21)18(23)4-3-16-5-7-19-8-6-16/h5-8,14H,2-4,9-13H2,1H3. The molecule has 24 heavy (non-hydrogen) atoms. The van der Waals surface area contributed by atoms with E-state index >= 15 is 0 Å². The molecule has 1 aliphatic rings. The Labute approximate surface area is 147 Å². The number of hydrogen-bond donors (Lipinski definition) is 0. The second-order valence-corrected chi connectivity index (χ2v) is 7.29. The van der Waals surface area contributed by atoms with Crippen molar-refractivity contribution in [3.63, 3.8) is 0 Å². The van der Waals surface area contributed by atoms with Crippen LogP contribution in [0.1, 0.15) is 29.1 Å². The summed E-state index contributed by atoms with van der Waals surface area (Å²) in [7, 11) is 0. The van der Waals surface area contributed by atoms with Crippen molar-refractivity contribution < 1.29 is 4.79 Å². The zero-order chi connectivity index (χ0) is 16.8. The number of carbonyl (C=O) groups is 1. The summed E-state index contributed by atoms with van der Waals surface area (Å²) in [5, 5.41) is 3.26. The van der Waals surface area contributed by atoms with Crippen LogP contribution in [0, 0.1) is 6.92 Å². The molecule has 0 atom stereocenters. The molecule has 6 heteroatoms. The summed E-state index contributed by atoms with van der Waals surface area (Å²) in [6.45, 7) is 6.57. The fourth-order valence-electron chi connectivity index (χ4n) is 3.05. The van der Waals surface area contributed by atoms with E-state index in [0.717, 1.165) is 56.3 Å². The first-order valence-corrected chi connectivity index (χ1v) is 9.39. The van der Waals surface area contributed by atoms with Crippen molar-refractivity contribution in [1.82, 2.24) is 19.8 Å². The Hall–Kier alpha value is -1.79. The van der Waals surface area contributed by atoms with Gasteiger partial charge in [-0.15, -0.1) is 11.3 Å². The van der Waals surface area contributed by atoms with E-state index in [4.69, 9.17) is 0 Å². The lowest BCUT2D eigenvalue weighted by Crippen LogP contribution is -2.35. The number of rotatable bonds is 5. The molecular formula is C18H24N4OS. The van der Waals surface area contributed by atoms with Gasteiger partial charge >= 0.3 is 0 Å². The Morgan fingerprint density at radius 2 is 2.04 bits per heavy atom. The van der Waals surface area contributed by atoms with Gasteiger partial charge in [0, 0.05) is 56.9 Å². The number of aromatic nitrogens is 2. The third kappa shape index (κ3) is 4.85. The van der Waals surface area contributed by atoms with Gasteiger partial charge in [-0.3, -0.25) is 14.7 Å². The maximum Gasteiger partial charge on any atom is 0.222 e. The highest BCUT2D eigenvalue weighted by Gasteiger charge is 2.19. The third-order valence-corrected chi connectivity index (χ3v) is 5.19. The maximum absolute atomic E-state index is 12.5. The number of pyridine rings is 1. The Balaban J connectivity index is 1.46. The molecule has 0 aliphatic carbocycles. The summed E-state index contributed by atoms with van der Waals surface area (Å²) in [4.78, 5) is 25.5. The van der Waals surface area contributed by atoms with Crippen LogP contribution in [0.5, 0.6) is 0 Å². The molecule has 0 radical (unpaired) electrons. The molecule has 5 nitrogen and oxygen atoms in total. The number of aryl methyl sites for hydroxylation is 2. The van der Waals surface area contributed by atoms with Gasteiger partial charge in [-0.2, -0.15) is 0 Å². The van der Waals surface area contributed by atoms with Crippen molar-refractivity contribution in [2.45, 2.75) is 32.7 Å². The van der Waals surface area contributed by atoms with Gasteiger partial charge < -0.3 is 4.90 Å². The van der Waals surface area contributed by atoms with Crippen LogP contribution in [-0.4, -0.2) is 51.9 Å². The SMILES string of the molecule is Cc1nc(CN2CCCN(C(=O)CCc3ccncc3)CC2)cs1. The molecule has 0 unspecified atom stereocenters. The van der Waals surface area contributed by atoms with Gasteiger partial charge in [-0.25, -0.2) is 4.98 Å². The van der Waals surface area contributed by atoms with E-state index in [0.29, 0.717) is 6.42 Å². The van der Waals surface area contributed by atoms with Crippen LogP contribution in [0.25, 0.3) is 0 Å². The smallest absolute Gasteiger partial charge is 0.222 e. The first kappa shape index (κ1) is 17.0. The molecule has 0 N–H and O–H groups in total. The van der Waals surface area contributed by atoms with Crippen molar-refractivity contribution in [2.24, 2.45) is 0 Å². The summed E-state index contributed by atoms with van der Waals surface area (Å²) in [5.41, 5.74) is 2.32. The fourth-order valence-corrected chi connectivity index (χ4v) is 3.65. The van der Waals surface area contributed by atoms with Crippen LogP contribution in [-0.2, 0) is 17.8 Å². The van der Waals surface area contributed by atoms with Crippen LogP contribution in [0.15, 0.2) is 29.9 Å². The molecule has 1 amide bonds. The van der Waals surface area contributed by atoms with Crippen LogP contribution in [0.2, 0.25) is 0 Å². The van der Waals surface area contributed by atoms with Gasteiger partial charge in [0.05, 0.1) is 10.7 Å². The lowest BCUT2D eigenvalue weighted by molar-refractivity contribution is -0.131. The monoisotopic (exact) mass is 344 g/mol. The van der Waals surface area contributed by atoms with Crippen LogP contribution < -0.4 is 0 Å². The van der Waals surface area contributed by atoms with Crippen molar-refractivity contribution in [3.05, 3.63) is 46.2 Å². The second-order valence-electron chi connectivity index (χ2n) is 6.22. The largest absolute Gasteiger partial charge is 0.341 e. The highest BCUT2D eigenvalue weighted by atomic mass is 32.1. The molecule has 0 aromatic carbocycles. The van der Waals surface area contributed by atoms with Gasteiger partial charge in [0.25, 0.3) is 0 Å². The number of carbonyl (C=O) groups excluding carboxylic acids is 1. The second kappa shape index (κ2) is 8.35. The molecule has 0 spiro atoms. The van der Waals surface area contributed by atoms with Gasteiger partial charge in [0.15, 0.2) is 0 Å². The Bertz CT molecular complexity index is 658. The lowest BCUT2D eigenvalue weighted by Gasteiger charge is -2.21. The molecule has 1 saturated heterocycles. The van der Waals surface area contributed by atoms with Crippen molar-refractivity contribution in [2.75, 3.05) is 26.2 Å². The third-order valence-electron chi connectivity index (χ3n) is 4.37. The van der Waals surface area contributed by atoms with Crippen molar-refractivity contribution >= 4 is 17.2 Å². The minimum Gasteiger partial charge on any atom is -0.341 e. The molecule has 1 fully saturated rings. The molecule has 2 aromatic rings. The highest BCUT2D eigenvalue weighted by molar-refractivity contribution is 7.09. The molecule has 0 bridgehead atoms. The molecule has 128 valence electrons.